The molecule has 0 unspecified atom stereocenters. The lowest BCUT2D eigenvalue weighted by atomic mass is 10.1. The molecule has 2 rings (SSSR count). The van der Waals surface area contributed by atoms with Crippen LogP contribution >= 0.6 is 15.9 Å². The summed E-state index contributed by atoms with van der Waals surface area (Å²) in [6.07, 6.45) is 0. The number of methoxy groups -OCH3 is 1. The van der Waals surface area contributed by atoms with Crippen molar-refractivity contribution in [3.8, 4) is 17.0 Å². The first-order valence-electron chi connectivity index (χ1n) is 5.51. The highest BCUT2D eigenvalue weighted by Crippen LogP contribution is 2.30. The summed E-state index contributed by atoms with van der Waals surface area (Å²) in [6, 6.07) is 7.83. The van der Waals surface area contributed by atoms with Crippen molar-refractivity contribution in [3.63, 3.8) is 0 Å². The smallest absolute Gasteiger partial charge is 0.223 e. The van der Waals surface area contributed by atoms with E-state index in [1.54, 1.807) is 7.11 Å². The van der Waals surface area contributed by atoms with Crippen LogP contribution in [-0.2, 0) is 0 Å². The number of benzene rings is 1. The van der Waals surface area contributed by atoms with Gasteiger partial charge in [0.2, 0.25) is 5.95 Å². The van der Waals surface area contributed by atoms with Gasteiger partial charge in [-0.2, -0.15) is 0 Å². The van der Waals surface area contributed by atoms with E-state index < -0.39 is 0 Å². The Hall–Kier alpha value is -1.62. The van der Waals surface area contributed by atoms with Crippen LogP contribution in [0, 0.1) is 6.92 Å². The molecule has 0 amide bonds. The van der Waals surface area contributed by atoms with Crippen LogP contribution in [0.5, 0.6) is 5.75 Å². The number of hydrogen-bond acceptors (Lipinski definition) is 4. The number of nitrogens with zero attached hydrogens (tertiary/aromatic N) is 2. The van der Waals surface area contributed by atoms with Gasteiger partial charge in [-0.1, -0.05) is 0 Å². The highest BCUT2D eigenvalue weighted by Gasteiger charge is 2.07. The van der Waals surface area contributed by atoms with Crippen molar-refractivity contribution in [2.24, 2.45) is 0 Å². The van der Waals surface area contributed by atoms with Crippen molar-refractivity contribution in [2.45, 2.75) is 6.92 Å². The second-order valence-electron chi connectivity index (χ2n) is 3.82. The average molecular weight is 308 g/mol. The molecule has 1 N–H and O–H groups in total. The standard InChI is InChI=1S/C13H14BrN3O/c1-8-6-11(17-13(15-2)16-8)9-4-5-12(18-3)10(14)7-9/h4-7H,1-3H3,(H,15,16,17). The molecule has 4 nitrogen and oxygen atoms in total. The van der Waals surface area contributed by atoms with E-state index >= 15 is 0 Å². The molecule has 1 aromatic heterocycles. The molecule has 0 spiro atoms. The van der Waals surface area contributed by atoms with Gasteiger partial charge in [-0.05, 0) is 47.1 Å². The first-order chi connectivity index (χ1) is 8.63. The Morgan fingerprint density at radius 1 is 1.22 bits per heavy atom. The SMILES string of the molecule is CNc1nc(C)cc(-c2ccc(OC)c(Br)c2)n1. The fraction of sp³-hybridized carbons (Fsp3) is 0.231. The number of aryl methyl sites for hydroxylation is 1. The van der Waals surface area contributed by atoms with Gasteiger partial charge in [0.05, 0.1) is 17.3 Å². The molecule has 0 saturated heterocycles. The van der Waals surface area contributed by atoms with E-state index in [0.29, 0.717) is 5.95 Å². The van der Waals surface area contributed by atoms with Crippen molar-refractivity contribution in [1.29, 1.82) is 0 Å². The topological polar surface area (TPSA) is 47.0 Å². The second-order valence-corrected chi connectivity index (χ2v) is 4.67. The zero-order chi connectivity index (χ0) is 13.1. The Balaban J connectivity index is 2.48. The number of aromatic nitrogens is 2. The molecule has 1 aromatic carbocycles. The van der Waals surface area contributed by atoms with Gasteiger partial charge in [-0.25, -0.2) is 9.97 Å². The van der Waals surface area contributed by atoms with Crippen LogP contribution in [0.3, 0.4) is 0 Å². The van der Waals surface area contributed by atoms with Gasteiger partial charge in [-0.15, -0.1) is 0 Å². The third-order valence-corrected chi connectivity index (χ3v) is 3.15. The third-order valence-electron chi connectivity index (χ3n) is 2.53. The van der Waals surface area contributed by atoms with Gasteiger partial charge in [0.25, 0.3) is 0 Å². The fourth-order valence-corrected chi connectivity index (χ4v) is 2.19. The van der Waals surface area contributed by atoms with E-state index in [0.717, 1.165) is 27.2 Å². The number of rotatable bonds is 3. The van der Waals surface area contributed by atoms with Crippen LogP contribution < -0.4 is 10.1 Å². The van der Waals surface area contributed by atoms with Crippen molar-refractivity contribution in [1.82, 2.24) is 9.97 Å². The van der Waals surface area contributed by atoms with Crippen LogP contribution in [-0.4, -0.2) is 24.1 Å². The molecule has 2 aromatic rings. The number of halogens is 1. The summed E-state index contributed by atoms with van der Waals surface area (Å²) in [6.45, 7) is 1.95. The Morgan fingerprint density at radius 2 is 2.00 bits per heavy atom. The van der Waals surface area contributed by atoms with Gasteiger partial charge in [0.15, 0.2) is 0 Å². The third kappa shape index (κ3) is 2.61. The number of anilines is 1. The maximum absolute atomic E-state index is 5.21. The molecule has 0 saturated carbocycles. The minimum absolute atomic E-state index is 0.622. The first kappa shape index (κ1) is 12.8. The van der Waals surface area contributed by atoms with Crippen LogP contribution in [0.2, 0.25) is 0 Å². The fourth-order valence-electron chi connectivity index (χ4n) is 1.65. The van der Waals surface area contributed by atoms with Crippen LogP contribution in [0.25, 0.3) is 11.3 Å². The average Bonchev–Trinajstić information content (AvgIpc) is 2.37. The summed E-state index contributed by atoms with van der Waals surface area (Å²) >= 11 is 3.47. The molecular weight excluding hydrogens is 294 g/mol. The largest absolute Gasteiger partial charge is 0.496 e. The Morgan fingerprint density at radius 3 is 2.61 bits per heavy atom. The first-order valence-corrected chi connectivity index (χ1v) is 6.30. The molecular formula is C13H14BrN3O. The molecule has 0 bridgehead atoms. The minimum atomic E-state index is 0.622. The highest BCUT2D eigenvalue weighted by atomic mass is 79.9. The van der Waals surface area contributed by atoms with Crippen molar-refractivity contribution in [3.05, 3.63) is 34.4 Å². The predicted octanol–water partition coefficient (Wildman–Crippen LogP) is 3.26. The van der Waals surface area contributed by atoms with E-state index in [1.165, 1.54) is 0 Å². The normalized spacial score (nSPS) is 10.2. The Bertz CT molecular complexity index is 572. The van der Waals surface area contributed by atoms with Gasteiger partial charge in [0, 0.05) is 18.3 Å². The molecule has 0 aliphatic heterocycles. The molecule has 18 heavy (non-hydrogen) atoms. The summed E-state index contributed by atoms with van der Waals surface area (Å²) in [5.74, 6) is 1.43. The predicted molar refractivity (Wildman–Crippen MR) is 76.0 cm³/mol. The van der Waals surface area contributed by atoms with E-state index in [-0.39, 0.29) is 0 Å². The lowest BCUT2D eigenvalue weighted by Gasteiger charge is -2.08. The lowest BCUT2D eigenvalue weighted by molar-refractivity contribution is 0.412. The monoisotopic (exact) mass is 307 g/mol. The van der Waals surface area contributed by atoms with Crippen LogP contribution in [0.4, 0.5) is 5.95 Å². The molecule has 0 fully saturated rings. The van der Waals surface area contributed by atoms with Crippen molar-refractivity contribution < 1.29 is 4.74 Å². The van der Waals surface area contributed by atoms with Gasteiger partial charge in [0.1, 0.15) is 5.75 Å². The Labute approximate surface area is 115 Å². The quantitative estimate of drug-likeness (QED) is 0.945. The number of ether oxygens (including phenoxy) is 1. The summed E-state index contributed by atoms with van der Waals surface area (Å²) < 4.78 is 6.12. The minimum Gasteiger partial charge on any atom is -0.496 e. The van der Waals surface area contributed by atoms with E-state index in [2.05, 4.69) is 31.2 Å². The Kier molecular flexibility index (Phi) is 3.81. The zero-order valence-electron chi connectivity index (χ0n) is 10.5. The van der Waals surface area contributed by atoms with Crippen LogP contribution in [0.15, 0.2) is 28.7 Å². The number of nitrogens with one attached hydrogen (secondary N) is 1. The summed E-state index contributed by atoms with van der Waals surface area (Å²) in [5.41, 5.74) is 2.83. The summed E-state index contributed by atoms with van der Waals surface area (Å²) in [5, 5.41) is 2.96. The maximum Gasteiger partial charge on any atom is 0.223 e. The molecule has 1 heterocycles. The van der Waals surface area contributed by atoms with E-state index in [1.807, 2.05) is 38.2 Å². The van der Waals surface area contributed by atoms with Crippen LogP contribution in [0.1, 0.15) is 5.69 Å². The van der Waals surface area contributed by atoms with Crippen molar-refractivity contribution >= 4 is 21.9 Å². The van der Waals surface area contributed by atoms with Crippen molar-refractivity contribution in [2.75, 3.05) is 19.5 Å². The second kappa shape index (κ2) is 5.35. The molecule has 0 atom stereocenters. The molecule has 0 aliphatic carbocycles. The molecule has 94 valence electrons. The lowest BCUT2D eigenvalue weighted by Crippen LogP contribution is -1.99. The highest BCUT2D eigenvalue weighted by molar-refractivity contribution is 9.10. The number of hydrogen-bond donors (Lipinski definition) is 1. The maximum atomic E-state index is 5.21. The zero-order valence-corrected chi connectivity index (χ0v) is 12.1. The van der Waals surface area contributed by atoms with Gasteiger partial charge >= 0.3 is 0 Å². The van der Waals surface area contributed by atoms with Gasteiger partial charge in [-0.3, -0.25) is 0 Å². The van der Waals surface area contributed by atoms with E-state index in [4.69, 9.17) is 4.74 Å². The summed E-state index contributed by atoms with van der Waals surface area (Å²) in [4.78, 5) is 8.71. The molecule has 5 heteroatoms. The van der Waals surface area contributed by atoms with E-state index in [9.17, 15) is 0 Å². The molecule has 0 aliphatic rings. The van der Waals surface area contributed by atoms with Gasteiger partial charge < -0.3 is 10.1 Å². The molecule has 0 radical (unpaired) electrons. The summed E-state index contributed by atoms with van der Waals surface area (Å²) in [7, 11) is 3.45.